The lowest BCUT2D eigenvalue weighted by atomic mass is 9.98. The topological polar surface area (TPSA) is 79.5 Å². The minimum Gasteiger partial charge on any atom is -0.444 e. The molecule has 1 saturated heterocycles. The monoisotopic (exact) mass is 361 g/mol. The molecule has 1 aliphatic rings. The van der Waals surface area contributed by atoms with Crippen molar-refractivity contribution in [1.29, 1.82) is 0 Å². The summed E-state index contributed by atoms with van der Waals surface area (Å²) in [6.45, 7) is 8.03. The van der Waals surface area contributed by atoms with E-state index in [-0.39, 0.29) is 5.91 Å². The Morgan fingerprint density at radius 3 is 2.46 bits per heavy atom. The van der Waals surface area contributed by atoms with Crippen LogP contribution in [0.2, 0.25) is 0 Å². The van der Waals surface area contributed by atoms with Crippen LogP contribution in [0, 0.1) is 5.92 Å². The van der Waals surface area contributed by atoms with Gasteiger partial charge in [0.1, 0.15) is 11.6 Å². The lowest BCUT2D eigenvalue weighted by Crippen LogP contribution is -2.50. The van der Waals surface area contributed by atoms with E-state index >= 15 is 0 Å². The highest BCUT2D eigenvalue weighted by molar-refractivity contribution is 5.86. The lowest BCUT2D eigenvalue weighted by Gasteiger charge is -2.26. The summed E-state index contributed by atoms with van der Waals surface area (Å²) in [5.41, 5.74) is 0.387. The van der Waals surface area contributed by atoms with E-state index in [1.165, 1.54) is 0 Å². The second kappa shape index (κ2) is 9.57. The Balaban J connectivity index is 1.96. The van der Waals surface area contributed by atoms with Gasteiger partial charge in [-0.15, -0.1) is 0 Å². The zero-order chi connectivity index (χ0) is 19.0. The van der Waals surface area contributed by atoms with E-state index in [1.807, 2.05) is 30.3 Å². The fourth-order valence-corrected chi connectivity index (χ4v) is 2.96. The summed E-state index contributed by atoms with van der Waals surface area (Å²) in [6, 6.07) is 9.01. The van der Waals surface area contributed by atoms with Gasteiger partial charge in [-0.05, 0) is 58.2 Å². The molecule has 2 rings (SSSR count). The number of hydrogen-bond acceptors (Lipinski definition) is 4. The Kier molecular flexibility index (Phi) is 7.45. The number of amides is 2. The molecule has 1 aliphatic heterocycles. The van der Waals surface area contributed by atoms with Crippen molar-refractivity contribution in [3.8, 4) is 0 Å². The molecule has 0 unspecified atom stereocenters. The van der Waals surface area contributed by atoms with Gasteiger partial charge in [-0.1, -0.05) is 30.3 Å². The zero-order valence-corrected chi connectivity index (χ0v) is 16.0. The van der Waals surface area contributed by atoms with Crippen molar-refractivity contribution in [2.24, 2.45) is 5.92 Å². The molecule has 3 N–H and O–H groups in total. The van der Waals surface area contributed by atoms with E-state index in [0.717, 1.165) is 31.5 Å². The van der Waals surface area contributed by atoms with Crippen LogP contribution < -0.4 is 16.0 Å². The van der Waals surface area contributed by atoms with Gasteiger partial charge in [-0.3, -0.25) is 4.79 Å². The minimum absolute atomic E-state index is 0.168. The fraction of sp³-hybridized carbons (Fsp3) is 0.600. The average Bonchev–Trinajstić information content (AvgIpc) is 2.59. The van der Waals surface area contributed by atoms with E-state index < -0.39 is 17.7 Å². The molecule has 0 aromatic heterocycles. The third kappa shape index (κ3) is 7.44. The molecule has 26 heavy (non-hydrogen) atoms. The quantitative estimate of drug-likeness (QED) is 0.726. The summed E-state index contributed by atoms with van der Waals surface area (Å²) < 4.78 is 5.31. The maximum absolute atomic E-state index is 12.7. The van der Waals surface area contributed by atoms with Crippen molar-refractivity contribution >= 4 is 12.0 Å². The number of piperidine rings is 1. The van der Waals surface area contributed by atoms with E-state index in [4.69, 9.17) is 4.74 Å². The van der Waals surface area contributed by atoms with Crippen LogP contribution in [0.5, 0.6) is 0 Å². The second-order valence-electron chi connectivity index (χ2n) is 7.83. The van der Waals surface area contributed by atoms with Crippen molar-refractivity contribution in [3.63, 3.8) is 0 Å². The first-order chi connectivity index (χ1) is 12.3. The largest absolute Gasteiger partial charge is 0.444 e. The van der Waals surface area contributed by atoms with Crippen LogP contribution in [0.25, 0.3) is 0 Å². The number of hydrogen-bond donors (Lipinski definition) is 3. The molecule has 0 spiro atoms. The Labute approximate surface area is 156 Å². The van der Waals surface area contributed by atoms with Crippen LogP contribution in [0.15, 0.2) is 30.3 Å². The Morgan fingerprint density at radius 1 is 1.19 bits per heavy atom. The normalized spacial score (nSPS) is 16.6. The first-order valence-corrected chi connectivity index (χ1v) is 9.35. The molecule has 1 heterocycles. The Hall–Kier alpha value is -2.08. The summed E-state index contributed by atoms with van der Waals surface area (Å²) in [5.74, 6) is 0.317. The number of benzene rings is 1. The summed E-state index contributed by atoms with van der Waals surface area (Å²) in [4.78, 5) is 24.8. The molecule has 6 nitrogen and oxygen atoms in total. The molecule has 1 aromatic rings. The summed E-state index contributed by atoms with van der Waals surface area (Å²) >= 11 is 0. The highest BCUT2D eigenvalue weighted by atomic mass is 16.6. The third-order valence-corrected chi connectivity index (χ3v) is 4.31. The SMILES string of the molecule is CC(C)(C)OC(=O)N[C@H](Cc1ccccc1)C(=O)NCC1CCNCC1. The molecule has 1 fully saturated rings. The third-order valence-electron chi connectivity index (χ3n) is 4.31. The van der Waals surface area contributed by atoms with Gasteiger partial charge < -0.3 is 20.7 Å². The van der Waals surface area contributed by atoms with Gasteiger partial charge in [0, 0.05) is 13.0 Å². The maximum atomic E-state index is 12.7. The van der Waals surface area contributed by atoms with E-state index in [1.54, 1.807) is 20.8 Å². The van der Waals surface area contributed by atoms with Crippen molar-refractivity contribution in [2.45, 2.75) is 51.7 Å². The molecule has 1 atom stereocenters. The van der Waals surface area contributed by atoms with Crippen molar-refractivity contribution < 1.29 is 14.3 Å². The van der Waals surface area contributed by atoms with Crippen LogP contribution in [0.3, 0.4) is 0 Å². The molecule has 1 aromatic carbocycles. The second-order valence-corrected chi connectivity index (χ2v) is 7.83. The maximum Gasteiger partial charge on any atom is 0.408 e. The van der Waals surface area contributed by atoms with E-state index in [2.05, 4.69) is 16.0 Å². The van der Waals surface area contributed by atoms with Gasteiger partial charge in [0.15, 0.2) is 0 Å². The van der Waals surface area contributed by atoms with E-state index in [0.29, 0.717) is 18.9 Å². The fourth-order valence-electron chi connectivity index (χ4n) is 2.96. The van der Waals surface area contributed by atoms with Crippen molar-refractivity contribution in [1.82, 2.24) is 16.0 Å². The highest BCUT2D eigenvalue weighted by Crippen LogP contribution is 2.11. The number of rotatable bonds is 6. The van der Waals surface area contributed by atoms with Crippen LogP contribution in [0.4, 0.5) is 4.79 Å². The number of carbonyl (C=O) groups is 2. The van der Waals surface area contributed by atoms with Gasteiger partial charge in [0.25, 0.3) is 0 Å². The lowest BCUT2D eigenvalue weighted by molar-refractivity contribution is -0.123. The van der Waals surface area contributed by atoms with Gasteiger partial charge in [0.05, 0.1) is 0 Å². The molecule has 0 bridgehead atoms. The summed E-state index contributed by atoms with van der Waals surface area (Å²) in [5, 5.41) is 9.05. The number of carbonyl (C=O) groups excluding carboxylic acids is 2. The molecule has 144 valence electrons. The van der Waals surface area contributed by atoms with Gasteiger partial charge in [0.2, 0.25) is 5.91 Å². The smallest absolute Gasteiger partial charge is 0.408 e. The molecule has 2 amide bonds. The Bertz CT molecular complexity index is 578. The average molecular weight is 361 g/mol. The first-order valence-electron chi connectivity index (χ1n) is 9.35. The van der Waals surface area contributed by atoms with Crippen molar-refractivity contribution in [2.75, 3.05) is 19.6 Å². The number of nitrogens with one attached hydrogen (secondary N) is 3. The van der Waals surface area contributed by atoms with Gasteiger partial charge >= 0.3 is 6.09 Å². The van der Waals surface area contributed by atoms with Crippen LogP contribution in [-0.4, -0.2) is 43.3 Å². The zero-order valence-electron chi connectivity index (χ0n) is 16.0. The van der Waals surface area contributed by atoms with Crippen molar-refractivity contribution in [3.05, 3.63) is 35.9 Å². The molecule has 0 saturated carbocycles. The number of alkyl carbamates (subject to hydrolysis) is 1. The summed E-state index contributed by atoms with van der Waals surface area (Å²) in [6.07, 6.45) is 1.97. The predicted octanol–water partition coefficient (Wildman–Crippen LogP) is 2.24. The minimum atomic E-state index is -0.658. The predicted molar refractivity (Wildman–Crippen MR) is 102 cm³/mol. The first kappa shape index (κ1) is 20.2. The summed E-state index contributed by atoms with van der Waals surface area (Å²) in [7, 11) is 0. The van der Waals surface area contributed by atoms with Gasteiger partial charge in [-0.25, -0.2) is 4.79 Å². The molecular weight excluding hydrogens is 330 g/mol. The molecule has 6 heteroatoms. The van der Waals surface area contributed by atoms with Crippen LogP contribution in [0.1, 0.15) is 39.2 Å². The Morgan fingerprint density at radius 2 is 1.85 bits per heavy atom. The molecule has 0 radical (unpaired) electrons. The van der Waals surface area contributed by atoms with Crippen LogP contribution >= 0.6 is 0 Å². The van der Waals surface area contributed by atoms with E-state index in [9.17, 15) is 9.59 Å². The molecular formula is C20H31N3O3. The standard InChI is InChI=1S/C20H31N3O3/c1-20(2,3)26-19(25)23-17(13-15-7-5-4-6-8-15)18(24)22-14-16-9-11-21-12-10-16/h4-8,16-17,21H,9-14H2,1-3H3,(H,22,24)(H,23,25)/t17-/m1/s1. The highest BCUT2D eigenvalue weighted by Gasteiger charge is 2.25. The number of ether oxygens (including phenoxy) is 1. The van der Waals surface area contributed by atoms with Crippen LogP contribution in [-0.2, 0) is 16.0 Å². The van der Waals surface area contributed by atoms with Gasteiger partial charge in [-0.2, -0.15) is 0 Å². The molecule has 0 aliphatic carbocycles.